The van der Waals surface area contributed by atoms with Gasteiger partial charge in [0, 0.05) is 11.6 Å². The first-order valence-electron chi connectivity index (χ1n) is 8.69. The molecule has 4 rings (SSSR count). The molecular formula is C20H14ClF2N5O2. The lowest BCUT2D eigenvalue weighted by molar-refractivity contribution is 0.484. The number of benzene rings is 2. The number of halogens is 3. The van der Waals surface area contributed by atoms with E-state index in [2.05, 4.69) is 10.1 Å². The van der Waals surface area contributed by atoms with E-state index < -0.39 is 17.3 Å². The van der Waals surface area contributed by atoms with Crippen molar-refractivity contribution in [2.75, 3.05) is 5.73 Å². The summed E-state index contributed by atoms with van der Waals surface area (Å²) in [5.41, 5.74) is 5.81. The number of hydrogen-bond donors (Lipinski definition) is 1. The summed E-state index contributed by atoms with van der Waals surface area (Å²) < 4.78 is 35.6. The Kier molecular flexibility index (Phi) is 5.20. The van der Waals surface area contributed by atoms with Crippen molar-refractivity contribution in [3.05, 3.63) is 93.9 Å². The topological polar surface area (TPSA) is 88.0 Å². The smallest absolute Gasteiger partial charge is 0.350 e. The van der Waals surface area contributed by atoms with Crippen molar-refractivity contribution in [3.63, 3.8) is 0 Å². The van der Waals surface area contributed by atoms with Gasteiger partial charge >= 0.3 is 5.69 Å². The van der Waals surface area contributed by atoms with E-state index in [4.69, 9.17) is 22.1 Å². The van der Waals surface area contributed by atoms with Crippen molar-refractivity contribution < 1.29 is 13.5 Å². The summed E-state index contributed by atoms with van der Waals surface area (Å²) in [6, 6.07) is 11.5. The Hall–Kier alpha value is -3.72. The summed E-state index contributed by atoms with van der Waals surface area (Å²) in [5, 5.41) is 4.25. The van der Waals surface area contributed by atoms with Crippen LogP contribution in [0.25, 0.3) is 5.69 Å². The quantitative estimate of drug-likeness (QED) is 0.488. The molecule has 0 bridgehead atoms. The third-order valence-electron chi connectivity index (χ3n) is 4.29. The van der Waals surface area contributed by atoms with E-state index >= 15 is 0 Å². The molecule has 0 aliphatic carbocycles. The summed E-state index contributed by atoms with van der Waals surface area (Å²) >= 11 is 5.84. The lowest BCUT2D eigenvalue weighted by Crippen LogP contribution is -2.24. The zero-order valence-corrected chi connectivity index (χ0v) is 16.1. The molecule has 0 aliphatic heterocycles. The highest BCUT2D eigenvalue weighted by molar-refractivity contribution is 6.29. The van der Waals surface area contributed by atoms with E-state index in [0.717, 1.165) is 21.4 Å². The van der Waals surface area contributed by atoms with Gasteiger partial charge in [-0.1, -0.05) is 17.7 Å². The number of pyridine rings is 1. The normalized spacial score (nSPS) is 10.9. The molecule has 0 atom stereocenters. The van der Waals surface area contributed by atoms with Crippen LogP contribution in [0.2, 0.25) is 5.15 Å². The van der Waals surface area contributed by atoms with Crippen LogP contribution in [0.3, 0.4) is 0 Å². The molecule has 7 nitrogen and oxygen atoms in total. The molecule has 0 saturated carbocycles. The average Bonchev–Trinajstić information content (AvgIpc) is 3.08. The van der Waals surface area contributed by atoms with Crippen LogP contribution < -0.4 is 16.2 Å². The number of hydrogen-bond acceptors (Lipinski definition) is 5. The first-order valence-corrected chi connectivity index (χ1v) is 9.07. The summed E-state index contributed by atoms with van der Waals surface area (Å²) in [7, 11) is 0. The number of ether oxygens (including phenoxy) is 1. The van der Waals surface area contributed by atoms with Crippen LogP contribution in [0.15, 0.2) is 65.8 Å². The van der Waals surface area contributed by atoms with E-state index in [1.807, 2.05) is 0 Å². The molecule has 0 spiro atoms. The van der Waals surface area contributed by atoms with Gasteiger partial charge in [-0.3, -0.25) is 4.57 Å². The van der Waals surface area contributed by atoms with Gasteiger partial charge in [0.05, 0.1) is 24.1 Å². The second-order valence-corrected chi connectivity index (χ2v) is 6.68. The van der Waals surface area contributed by atoms with Crippen LogP contribution in [-0.4, -0.2) is 19.3 Å². The molecule has 10 heteroatoms. The number of anilines is 1. The third kappa shape index (κ3) is 3.87. The lowest BCUT2D eigenvalue weighted by atomic mass is 10.2. The van der Waals surface area contributed by atoms with E-state index in [1.54, 1.807) is 24.3 Å². The third-order valence-corrected chi connectivity index (χ3v) is 4.50. The van der Waals surface area contributed by atoms with Gasteiger partial charge in [0.2, 0.25) is 0 Å². The maximum absolute atomic E-state index is 13.9. The molecule has 0 fully saturated rings. The maximum atomic E-state index is 13.9. The summed E-state index contributed by atoms with van der Waals surface area (Å²) in [6.07, 6.45) is 2.61. The van der Waals surface area contributed by atoms with Crippen molar-refractivity contribution in [1.29, 1.82) is 0 Å². The van der Waals surface area contributed by atoms with Crippen LogP contribution >= 0.6 is 11.6 Å². The minimum atomic E-state index is -0.730. The van der Waals surface area contributed by atoms with Gasteiger partial charge in [-0.05, 0) is 36.4 Å². The predicted octanol–water partition coefficient (Wildman–Crippen LogP) is 3.78. The van der Waals surface area contributed by atoms with Gasteiger partial charge in [0.15, 0.2) is 5.75 Å². The van der Waals surface area contributed by atoms with Crippen molar-refractivity contribution in [3.8, 4) is 17.2 Å². The first kappa shape index (κ1) is 19.6. The van der Waals surface area contributed by atoms with Crippen molar-refractivity contribution in [1.82, 2.24) is 19.3 Å². The summed E-state index contributed by atoms with van der Waals surface area (Å²) in [4.78, 5) is 16.5. The summed E-state index contributed by atoms with van der Waals surface area (Å²) in [6.45, 7) is -0.277. The monoisotopic (exact) mass is 429 g/mol. The number of nitrogen functional groups attached to an aromatic ring is 1. The van der Waals surface area contributed by atoms with E-state index in [-0.39, 0.29) is 17.3 Å². The number of nitrogens with zero attached hydrogens (tertiary/aromatic N) is 4. The average molecular weight is 430 g/mol. The molecule has 0 aliphatic rings. The summed E-state index contributed by atoms with van der Waals surface area (Å²) in [5.74, 6) is -0.664. The molecule has 152 valence electrons. The Morgan fingerprint density at radius 3 is 2.50 bits per heavy atom. The lowest BCUT2D eigenvalue weighted by Gasteiger charge is -2.09. The SMILES string of the molecule is Nc1cnc(Cl)cc1Oc1ccc(-n2ncn(Cc3c(F)cccc3F)c2=O)cc1. The Balaban J connectivity index is 1.57. The largest absolute Gasteiger partial charge is 0.455 e. The Morgan fingerprint density at radius 2 is 1.80 bits per heavy atom. The van der Waals surface area contributed by atoms with Crippen molar-refractivity contribution in [2.45, 2.75) is 6.54 Å². The Labute approximate surface area is 173 Å². The van der Waals surface area contributed by atoms with E-state index in [1.165, 1.54) is 24.7 Å². The van der Waals surface area contributed by atoms with Crippen LogP contribution in [0, 0.1) is 11.6 Å². The Morgan fingerprint density at radius 1 is 1.10 bits per heavy atom. The molecule has 2 aromatic heterocycles. The van der Waals surface area contributed by atoms with Gasteiger partial charge in [-0.2, -0.15) is 9.78 Å². The predicted molar refractivity (Wildman–Crippen MR) is 107 cm³/mol. The fourth-order valence-corrected chi connectivity index (χ4v) is 2.92. The van der Waals surface area contributed by atoms with Gasteiger partial charge in [-0.25, -0.2) is 18.6 Å². The maximum Gasteiger partial charge on any atom is 0.350 e. The minimum Gasteiger partial charge on any atom is -0.455 e. The van der Waals surface area contributed by atoms with Crippen molar-refractivity contribution >= 4 is 17.3 Å². The highest BCUT2D eigenvalue weighted by atomic mass is 35.5. The molecule has 0 amide bonds. The van der Waals surface area contributed by atoms with Gasteiger partial charge in [-0.15, -0.1) is 0 Å². The molecule has 2 heterocycles. The second-order valence-electron chi connectivity index (χ2n) is 6.29. The van der Waals surface area contributed by atoms with Crippen LogP contribution in [0.5, 0.6) is 11.5 Å². The fraction of sp³-hybridized carbons (Fsp3) is 0.0500. The molecule has 0 radical (unpaired) electrons. The van der Waals surface area contributed by atoms with Gasteiger partial charge in [0.25, 0.3) is 0 Å². The molecule has 30 heavy (non-hydrogen) atoms. The zero-order chi connectivity index (χ0) is 21.3. The van der Waals surface area contributed by atoms with Gasteiger partial charge < -0.3 is 10.5 Å². The van der Waals surface area contributed by atoms with Gasteiger partial charge in [0.1, 0.15) is 28.9 Å². The van der Waals surface area contributed by atoms with Crippen LogP contribution in [0.1, 0.15) is 5.56 Å². The molecule has 2 N–H and O–H groups in total. The molecule has 4 aromatic rings. The highest BCUT2D eigenvalue weighted by Gasteiger charge is 2.13. The standard InChI is InChI=1S/C20H14ClF2N5O2/c21-19-8-18(17(24)9-25-19)30-13-6-4-12(5-7-13)28-20(29)27(11-26-28)10-14-15(22)2-1-3-16(14)23/h1-9,11H,10,24H2. The number of aromatic nitrogens is 4. The molecule has 2 aromatic carbocycles. The molecule has 0 saturated heterocycles. The highest BCUT2D eigenvalue weighted by Crippen LogP contribution is 2.29. The number of nitrogens with two attached hydrogens (primary N) is 1. The Bertz CT molecular complexity index is 1250. The molecule has 0 unspecified atom stereocenters. The van der Waals surface area contributed by atoms with E-state index in [9.17, 15) is 13.6 Å². The van der Waals surface area contributed by atoms with Crippen LogP contribution in [-0.2, 0) is 6.54 Å². The van der Waals surface area contributed by atoms with Crippen molar-refractivity contribution in [2.24, 2.45) is 0 Å². The van der Waals surface area contributed by atoms with E-state index in [0.29, 0.717) is 22.9 Å². The first-order chi connectivity index (χ1) is 14.4. The van der Waals surface area contributed by atoms with Crippen LogP contribution in [0.4, 0.5) is 14.5 Å². The fourth-order valence-electron chi connectivity index (χ4n) is 2.77. The minimum absolute atomic E-state index is 0.212. The molecular weight excluding hydrogens is 416 g/mol. The second kappa shape index (κ2) is 7.96. The number of rotatable bonds is 5. The zero-order valence-electron chi connectivity index (χ0n) is 15.3.